The Morgan fingerprint density at radius 3 is 2.79 bits per heavy atom. The molecule has 0 unspecified atom stereocenters. The summed E-state index contributed by atoms with van der Waals surface area (Å²) in [6, 6.07) is 6.96. The fourth-order valence-electron chi connectivity index (χ4n) is 6.44. The number of benzene rings is 1. The highest BCUT2D eigenvalue weighted by Crippen LogP contribution is 2.58. The quantitative estimate of drug-likeness (QED) is 0.866. The van der Waals surface area contributed by atoms with Crippen LogP contribution in [0.1, 0.15) is 49.1 Å². The molecule has 0 aliphatic heterocycles. The molecule has 1 amide bonds. The summed E-state index contributed by atoms with van der Waals surface area (Å²) in [6.07, 6.45) is 6.91. The Balaban J connectivity index is 1.30. The minimum absolute atomic E-state index is 0.0754. The van der Waals surface area contributed by atoms with Crippen LogP contribution in [0.2, 0.25) is 0 Å². The Morgan fingerprint density at radius 1 is 1.18 bits per heavy atom. The molecule has 1 aromatic carbocycles. The van der Waals surface area contributed by atoms with Crippen LogP contribution in [-0.4, -0.2) is 21.7 Å². The van der Waals surface area contributed by atoms with Crippen LogP contribution in [0.25, 0.3) is 5.69 Å². The minimum Gasteiger partial charge on any atom is -0.353 e. The van der Waals surface area contributed by atoms with Gasteiger partial charge >= 0.3 is 0 Å². The molecule has 5 atom stereocenters. The molecule has 2 bridgehead atoms. The first-order valence-electron chi connectivity index (χ1n) is 10.6. The third kappa shape index (κ3) is 2.78. The van der Waals surface area contributed by atoms with Gasteiger partial charge in [0.1, 0.15) is 11.5 Å². The Bertz CT molecular complexity index is 921. The van der Waals surface area contributed by atoms with Crippen LogP contribution < -0.4 is 5.32 Å². The van der Waals surface area contributed by atoms with Crippen LogP contribution in [-0.2, 0) is 11.2 Å². The number of nitrogens with zero attached hydrogens (tertiary/aromatic N) is 2. The van der Waals surface area contributed by atoms with E-state index in [-0.39, 0.29) is 11.7 Å². The highest BCUT2D eigenvalue weighted by molar-refractivity contribution is 5.79. The summed E-state index contributed by atoms with van der Waals surface area (Å²) in [5.74, 6) is 3.06. The van der Waals surface area contributed by atoms with Gasteiger partial charge in [-0.1, -0.05) is 18.6 Å². The molecule has 3 aliphatic carbocycles. The van der Waals surface area contributed by atoms with Gasteiger partial charge in [-0.05, 0) is 75.3 Å². The molecule has 5 rings (SSSR count). The number of hydrogen-bond acceptors (Lipinski definition) is 2. The van der Waals surface area contributed by atoms with Crippen LogP contribution in [0, 0.1) is 43.3 Å². The highest BCUT2D eigenvalue weighted by Gasteiger charge is 2.54. The van der Waals surface area contributed by atoms with Crippen LogP contribution in [0.5, 0.6) is 0 Å². The van der Waals surface area contributed by atoms with Crippen molar-refractivity contribution in [3.63, 3.8) is 0 Å². The van der Waals surface area contributed by atoms with Gasteiger partial charge in [-0.25, -0.2) is 9.07 Å². The van der Waals surface area contributed by atoms with Gasteiger partial charge < -0.3 is 5.32 Å². The zero-order valence-corrected chi connectivity index (χ0v) is 16.6. The molecule has 3 saturated carbocycles. The van der Waals surface area contributed by atoms with E-state index in [0.717, 1.165) is 41.1 Å². The van der Waals surface area contributed by atoms with Crippen molar-refractivity contribution in [2.75, 3.05) is 0 Å². The predicted molar refractivity (Wildman–Crippen MR) is 106 cm³/mol. The molecular weight excluding hydrogens is 353 g/mol. The Labute approximate surface area is 165 Å². The second-order valence-corrected chi connectivity index (χ2v) is 9.02. The van der Waals surface area contributed by atoms with E-state index < -0.39 is 0 Å². The normalized spacial score (nSPS) is 30.6. The molecule has 3 aliphatic rings. The van der Waals surface area contributed by atoms with E-state index in [0.29, 0.717) is 24.1 Å². The number of rotatable bonds is 4. The fraction of sp³-hybridized carbons (Fsp3) is 0.565. The van der Waals surface area contributed by atoms with Crippen molar-refractivity contribution >= 4 is 5.91 Å². The maximum absolute atomic E-state index is 14.2. The number of fused-ring (bicyclic) bond motifs is 5. The van der Waals surface area contributed by atoms with Gasteiger partial charge in [0.25, 0.3) is 0 Å². The van der Waals surface area contributed by atoms with Gasteiger partial charge in [0.15, 0.2) is 0 Å². The average molecular weight is 381 g/mol. The number of nitrogens with one attached hydrogen (secondary N) is 1. The smallest absolute Gasteiger partial charge is 0.224 e. The monoisotopic (exact) mass is 381 g/mol. The van der Waals surface area contributed by atoms with Gasteiger partial charge in [-0.2, -0.15) is 5.10 Å². The van der Waals surface area contributed by atoms with Crippen molar-refractivity contribution in [3.05, 3.63) is 47.0 Å². The maximum atomic E-state index is 14.2. The number of aromatic nitrogens is 2. The minimum atomic E-state index is -0.308. The zero-order valence-electron chi connectivity index (χ0n) is 16.6. The van der Waals surface area contributed by atoms with Crippen molar-refractivity contribution < 1.29 is 9.18 Å². The SMILES string of the molecule is Cc1nn(-c2ccccc2F)c(C)c1CC(=O)N[C@H]1C[C@H]2C[C@@H]1[C@@H]1CCC[C@@H]21. The lowest BCUT2D eigenvalue weighted by atomic mass is 9.79. The molecule has 1 aromatic heterocycles. The van der Waals surface area contributed by atoms with Crippen LogP contribution in [0.4, 0.5) is 4.39 Å². The number of hydrogen-bond donors (Lipinski definition) is 1. The summed E-state index contributed by atoms with van der Waals surface area (Å²) in [6.45, 7) is 3.81. The predicted octanol–water partition coefficient (Wildman–Crippen LogP) is 4.11. The highest BCUT2D eigenvalue weighted by atomic mass is 19.1. The molecule has 3 fully saturated rings. The molecule has 0 radical (unpaired) electrons. The number of amides is 1. The van der Waals surface area contributed by atoms with Crippen molar-refractivity contribution in [2.24, 2.45) is 23.7 Å². The Kier molecular flexibility index (Phi) is 4.29. The van der Waals surface area contributed by atoms with Gasteiger partial charge in [0.2, 0.25) is 5.91 Å². The lowest BCUT2D eigenvalue weighted by Gasteiger charge is -2.32. The van der Waals surface area contributed by atoms with Crippen molar-refractivity contribution in [2.45, 2.75) is 58.4 Å². The van der Waals surface area contributed by atoms with E-state index in [2.05, 4.69) is 10.4 Å². The van der Waals surface area contributed by atoms with Crippen molar-refractivity contribution in [1.29, 1.82) is 0 Å². The van der Waals surface area contributed by atoms with E-state index in [9.17, 15) is 9.18 Å². The number of aryl methyl sites for hydroxylation is 1. The van der Waals surface area contributed by atoms with Crippen molar-refractivity contribution in [1.82, 2.24) is 15.1 Å². The first kappa shape index (κ1) is 17.9. The van der Waals surface area contributed by atoms with Crippen LogP contribution in [0.3, 0.4) is 0 Å². The van der Waals surface area contributed by atoms with E-state index >= 15 is 0 Å². The summed E-state index contributed by atoms with van der Waals surface area (Å²) in [4.78, 5) is 12.8. The molecule has 2 aromatic rings. The van der Waals surface area contributed by atoms with E-state index in [4.69, 9.17) is 0 Å². The van der Waals surface area contributed by atoms with Gasteiger partial charge in [0, 0.05) is 17.3 Å². The fourth-order valence-corrected chi connectivity index (χ4v) is 6.44. The third-order valence-corrected chi connectivity index (χ3v) is 7.63. The molecule has 1 heterocycles. The number of carbonyl (C=O) groups is 1. The van der Waals surface area contributed by atoms with E-state index in [1.165, 1.54) is 31.7 Å². The number of halogens is 1. The van der Waals surface area contributed by atoms with Crippen LogP contribution in [0.15, 0.2) is 24.3 Å². The first-order valence-corrected chi connectivity index (χ1v) is 10.6. The molecule has 1 N–H and O–H groups in total. The summed E-state index contributed by atoms with van der Waals surface area (Å²) in [5, 5.41) is 7.84. The Morgan fingerprint density at radius 2 is 1.96 bits per heavy atom. The third-order valence-electron chi connectivity index (χ3n) is 7.63. The maximum Gasteiger partial charge on any atom is 0.224 e. The van der Waals surface area contributed by atoms with Gasteiger partial charge in [-0.15, -0.1) is 0 Å². The lowest BCUT2D eigenvalue weighted by Crippen LogP contribution is -2.43. The van der Waals surface area contributed by atoms with E-state index in [1.807, 2.05) is 13.8 Å². The number of para-hydroxylation sites is 1. The molecule has 5 heteroatoms. The average Bonchev–Trinajstić information content (AvgIpc) is 3.41. The lowest BCUT2D eigenvalue weighted by molar-refractivity contribution is -0.121. The van der Waals surface area contributed by atoms with E-state index in [1.54, 1.807) is 22.9 Å². The zero-order chi connectivity index (χ0) is 19.4. The molecule has 0 saturated heterocycles. The molecular formula is C23H28FN3O. The second-order valence-electron chi connectivity index (χ2n) is 9.02. The van der Waals surface area contributed by atoms with Crippen LogP contribution >= 0.6 is 0 Å². The van der Waals surface area contributed by atoms with Crippen molar-refractivity contribution in [3.8, 4) is 5.69 Å². The second kappa shape index (κ2) is 6.71. The summed E-state index contributed by atoms with van der Waals surface area (Å²) in [5.41, 5.74) is 2.96. The largest absolute Gasteiger partial charge is 0.353 e. The topological polar surface area (TPSA) is 46.9 Å². The number of carbonyl (C=O) groups excluding carboxylic acids is 1. The molecule has 0 spiro atoms. The summed E-state index contributed by atoms with van der Waals surface area (Å²) >= 11 is 0. The summed E-state index contributed by atoms with van der Waals surface area (Å²) < 4.78 is 15.8. The molecule has 148 valence electrons. The van der Waals surface area contributed by atoms with Gasteiger partial charge in [0.05, 0.1) is 12.1 Å². The van der Waals surface area contributed by atoms with Gasteiger partial charge in [-0.3, -0.25) is 4.79 Å². The summed E-state index contributed by atoms with van der Waals surface area (Å²) in [7, 11) is 0. The first-order chi connectivity index (χ1) is 13.5. The molecule has 28 heavy (non-hydrogen) atoms. The molecule has 4 nitrogen and oxygen atoms in total. The standard InChI is InChI=1S/C23H28FN3O/c1-13-18(14(2)27(26-13)22-9-4-3-8-20(22)24)12-23(28)25-21-11-15-10-19(21)17-7-5-6-16(15)17/h3-4,8-9,15-17,19,21H,5-7,10-12H2,1-2H3,(H,25,28)/t15-,16+,17-,19-,21+/m1/s1. The Hall–Kier alpha value is -2.17.